The first-order chi connectivity index (χ1) is 5.64. The number of nitrogens with zero attached hydrogens (tertiary/aromatic N) is 1. The lowest BCUT2D eigenvalue weighted by Gasteiger charge is -2.37. The van der Waals surface area contributed by atoms with Crippen molar-refractivity contribution >= 4 is 0 Å². The maximum absolute atomic E-state index is 11.6. The SMILES string of the molecule is CC[N+](C)([O-])Cc1ccccc1. The quantitative estimate of drug-likeness (QED) is 0.497. The van der Waals surface area contributed by atoms with Crippen molar-refractivity contribution in [2.24, 2.45) is 0 Å². The summed E-state index contributed by atoms with van der Waals surface area (Å²) in [7, 11) is 1.70. The second-order valence-electron chi connectivity index (χ2n) is 3.26. The van der Waals surface area contributed by atoms with Crippen molar-refractivity contribution in [3.63, 3.8) is 0 Å². The van der Waals surface area contributed by atoms with Crippen molar-refractivity contribution < 1.29 is 4.65 Å². The number of benzene rings is 1. The Hall–Kier alpha value is -0.860. The van der Waals surface area contributed by atoms with Crippen molar-refractivity contribution in [1.82, 2.24) is 0 Å². The number of hydrogen-bond acceptors (Lipinski definition) is 1. The van der Waals surface area contributed by atoms with E-state index < -0.39 is 0 Å². The van der Waals surface area contributed by atoms with Crippen molar-refractivity contribution in [1.29, 1.82) is 0 Å². The average Bonchev–Trinajstić information content (AvgIpc) is 2.06. The molecule has 0 aromatic heterocycles. The molecule has 0 aliphatic rings. The van der Waals surface area contributed by atoms with E-state index in [0.29, 0.717) is 13.1 Å². The summed E-state index contributed by atoms with van der Waals surface area (Å²) in [5, 5.41) is 11.6. The van der Waals surface area contributed by atoms with Gasteiger partial charge in [-0.25, -0.2) is 0 Å². The molecule has 0 N–H and O–H groups in total. The summed E-state index contributed by atoms with van der Waals surface area (Å²) in [4.78, 5) is 0. The predicted molar refractivity (Wildman–Crippen MR) is 50.2 cm³/mol. The van der Waals surface area contributed by atoms with E-state index in [1.54, 1.807) is 7.05 Å². The normalized spacial score (nSPS) is 15.6. The minimum atomic E-state index is -0.190. The minimum Gasteiger partial charge on any atom is -0.633 e. The van der Waals surface area contributed by atoms with Crippen LogP contribution in [0, 0.1) is 5.21 Å². The van der Waals surface area contributed by atoms with Crippen LogP contribution in [0.4, 0.5) is 0 Å². The van der Waals surface area contributed by atoms with Crippen molar-refractivity contribution in [3.8, 4) is 0 Å². The molecule has 1 aromatic rings. The zero-order chi connectivity index (χ0) is 9.03. The van der Waals surface area contributed by atoms with Gasteiger partial charge in [0.25, 0.3) is 0 Å². The lowest BCUT2D eigenvalue weighted by Crippen LogP contribution is -2.36. The maximum atomic E-state index is 11.6. The minimum absolute atomic E-state index is 0.190. The zero-order valence-electron chi connectivity index (χ0n) is 7.66. The van der Waals surface area contributed by atoms with Gasteiger partial charge in [-0.05, 0) is 6.92 Å². The third-order valence-corrected chi connectivity index (χ3v) is 2.03. The van der Waals surface area contributed by atoms with E-state index in [2.05, 4.69) is 0 Å². The van der Waals surface area contributed by atoms with Gasteiger partial charge in [0.15, 0.2) is 0 Å². The third kappa shape index (κ3) is 2.64. The van der Waals surface area contributed by atoms with Gasteiger partial charge in [0.2, 0.25) is 0 Å². The van der Waals surface area contributed by atoms with Crippen molar-refractivity contribution in [2.45, 2.75) is 13.5 Å². The average molecular weight is 165 g/mol. The van der Waals surface area contributed by atoms with Gasteiger partial charge in [-0.2, -0.15) is 0 Å². The third-order valence-electron chi connectivity index (χ3n) is 2.03. The van der Waals surface area contributed by atoms with E-state index in [-0.39, 0.29) is 4.65 Å². The standard InChI is InChI=1S/C10H15NO/c1-3-11(2,12)9-10-7-5-4-6-8-10/h4-8H,3,9H2,1-2H3. The van der Waals surface area contributed by atoms with Crippen LogP contribution in [0.1, 0.15) is 12.5 Å². The van der Waals surface area contributed by atoms with Gasteiger partial charge < -0.3 is 9.85 Å². The first-order valence-corrected chi connectivity index (χ1v) is 4.23. The molecule has 0 aliphatic carbocycles. The topological polar surface area (TPSA) is 23.1 Å². The van der Waals surface area contributed by atoms with Crippen LogP contribution in [-0.4, -0.2) is 18.2 Å². The van der Waals surface area contributed by atoms with E-state index in [1.807, 2.05) is 37.3 Å². The summed E-state index contributed by atoms with van der Waals surface area (Å²) in [6, 6.07) is 9.87. The monoisotopic (exact) mass is 165 g/mol. The molecule has 0 saturated heterocycles. The highest BCUT2D eigenvalue weighted by Crippen LogP contribution is 2.08. The van der Waals surface area contributed by atoms with Crippen LogP contribution in [0.15, 0.2) is 30.3 Å². The zero-order valence-corrected chi connectivity index (χ0v) is 7.66. The van der Waals surface area contributed by atoms with Crippen LogP contribution >= 0.6 is 0 Å². The Kier molecular flexibility index (Phi) is 2.84. The summed E-state index contributed by atoms with van der Waals surface area (Å²) >= 11 is 0. The van der Waals surface area contributed by atoms with Crippen LogP contribution in [0.2, 0.25) is 0 Å². The lowest BCUT2D eigenvalue weighted by atomic mass is 10.2. The molecule has 0 bridgehead atoms. The van der Waals surface area contributed by atoms with Gasteiger partial charge in [-0.3, -0.25) is 0 Å². The smallest absolute Gasteiger partial charge is 0.104 e. The molecule has 1 aromatic carbocycles. The Morgan fingerprint density at radius 1 is 1.25 bits per heavy atom. The molecule has 2 heteroatoms. The van der Waals surface area contributed by atoms with E-state index in [1.165, 1.54) is 0 Å². The van der Waals surface area contributed by atoms with Crippen LogP contribution in [0.5, 0.6) is 0 Å². The maximum Gasteiger partial charge on any atom is 0.104 e. The van der Waals surface area contributed by atoms with Crippen molar-refractivity contribution in [3.05, 3.63) is 41.1 Å². The van der Waals surface area contributed by atoms with Crippen molar-refractivity contribution in [2.75, 3.05) is 13.6 Å². The summed E-state index contributed by atoms with van der Waals surface area (Å²) < 4.78 is -0.190. The molecular weight excluding hydrogens is 150 g/mol. The van der Waals surface area contributed by atoms with E-state index in [0.717, 1.165) is 5.56 Å². The van der Waals surface area contributed by atoms with E-state index in [4.69, 9.17) is 0 Å². The highest BCUT2D eigenvalue weighted by molar-refractivity contribution is 5.13. The Bertz CT molecular complexity index is 231. The fraction of sp³-hybridized carbons (Fsp3) is 0.400. The highest BCUT2D eigenvalue weighted by atomic mass is 16.5. The first-order valence-electron chi connectivity index (χ1n) is 4.23. The Morgan fingerprint density at radius 2 is 1.83 bits per heavy atom. The predicted octanol–water partition coefficient (Wildman–Crippen LogP) is 2.15. The van der Waals surface area contributed by atoms with E-state index >= 15 is 0 Å². The van der Waals surface area contributed by atoms with Gasteiger partial charge >= 0.3 is 0 Å². The number of quaternary nitrogens is 1. The van der Waals surface area contributed by atoms with Gasteiger partial charge in [-0.1, -0.05) is 30.3 Å². The van der Waals surface area contributed by atoms with Gasteiger partial charge in [-0.15, -0.1) is 0 Å². The molecule has 0 fully saturated rings. The van der Waals surface area contributed by atoms with Crippen LogP contribution in [-0.2, 0) is 6.54 Å². The summed E-state index contributed by atoms with van der Waals surface area (Å²) in [5.41, 5.74) is 1.11. The van der Waals surface area contributed by atoms with Crippen LogP contribution in [0.3, 0.4) is 0 Å². The van der Waals surface area contributed by atoms with Crippen LogP contribution < -0.4 is 0 Å². The fourth-order valence-electron chi connectivity index (χ4n) is 1.08. The molecule has 1 atom stereocenters. The number of rotatable bonds is 3. The molecule has 12 heavy (non-hydrogen) atoms. The largest absolute Gasteiger partial charge is 0.633 e. The number of hydrogen-bond donors (Lipinski definition) is 0. The molecule has 2 nitrogen and oxygen atoms in total. The van der Waals surface area contributed by atoms with E-state index in [9.17, 15) is 5.21 Å². The molecule has 1 unspecified atom stereocenters. The summed E-state index contributed by atoms with van der Waals surface area (Å²) in [6.07, 6.45) is 0. The van der Waals surface area contributed by atoms with Gasteiger partial charge in [0, 0.05) is 5.56 Å². The second-order valence-corrected chi connectivity index (χ2v) is 3.26. The molecule has 0 aliphatic heterocycles. The molecule has 0 saturated carbocycles. The molecule has 1 rings (SSSR count). The fourth-order valence-corrected chi connectivity index (χ4v) is 1.08. The first kappa shape index (κ1) is 9.23. The molecular formula is C10H15NO. The van der Waals surface area contributed by atoms with Gasteiger partial charge in [0.1, 0.15) is 6.54 Å². The van der Waals surface area contributed by atoms with Gasteiger partial charge in [0.05, 0.1) is 13.6 Å². The Morgan fingerprint density at radius 3 is 2.33 bits per heavy atom. The second kappa shape index (κ2) is 3.70. The summed E-state index contributed by atoms with van der Waals surface area (Å²) in [6.45, 7) is 3.10. The molecule has 0 radical (unpaired) electrons. The molecule has 66 valence electrons. The highest BCUT2D eigenvalue weighted by Gasteiger charge is 2.06. The summed E-state index contributed by atoms with van der Waals surface area (Å²) in [5.74, 6) is 0. The Balaban J connectivity index is 2.64. The number of hydroxylamine groups is 3. The molecule has 0 heterocycles. The Labute approximate surface area is 73.6 Å². The molecule has 0 amide bonds. The molecule has 0 spiro atoms. The van der Waals surface area contributed by atoms with Crippen LogP contribution in [0.25, 0.3) is 0 Å². The lowest BCUT2D eigenvalue weighted by molar-refractivity contribution is -0.872.